The Morgan fingerprint density at radius 3 is 2.58 bits per heavy atom. The standard InChI is InChI=1S/C24H30N4O3/c1-24(2,27-12-14-30-15-13-27)18-25-23(29)16-28-21-11-7-6-10-20(21)26-22(28)17-31-19-8-4-3-5-9-19/h3-11H,12-18H2,1-2H3,(H,25,29). The molecule has 3 aromatic rings. The monoisotopic (exact) mass is 422 g/mol. The van der Waals surface area contributed by atoms with Crippen LogP contribution in [0.1, 0.15) is 19.7 Å². The van der Waals surface area contributed by atoms with Gasteiger partial charge < -0.3 is 19.4 Å². The molecule has 0 saturated carbocycles. The van der Waals surface area contributed by atoms with Gasteiger partial charge in [0.1, 0.15) is 24.7 Å². The van der Waals surface area contributed by atoms with Crippen molar-refractivity contribution in [3.05, 3.63) is 60.4 Å². The van der Waals surface area contributed by atoms with Crippen molar-refractivity contribution in [1.82, 2.24) is 19.8 Å². The molecule has 2 aromatic carbocycles. The molecule has 1 N–H and O–H groups in total. The summed E-state index contributed by atoms with van der Waals surface area (Å²) in [4.78, 5) is 19.9. The lowest BCUT2D eigenvalue weighted by molar-refractivity contribution is -0.122. The van der Waals surface area contributed by atoms with Crippen LogP contribution in [0.2, 0.25) is 0 Å². The number of para-hydroxylation sites is 3. The van der Waals surface area contributed by atoms with E-state index in [1.165, 1.54) is 0 Å². The zero-order valence-corrected chi connectivity index (χ0v) is 18.2. The second-order valence-electron chi connectivity index (χ2n) is 8.39. The van der Waals surface area contributed by atoms with E-state index in [0.29, 0.717) is 13.2 Å². The number of carbonyl (C=O) groups excluding carboxylic acids is 1. The Bertz CT molecular complexity index is 1010. The molecule has 0 atom stereocenters. The fourth-order valence-corrected chi connectivity index (χ4v) is 3.87. The van der Waals surface area contributed by atoms with Gasteiger partial charge in [0.05, 0.1) is 24.2 Å². The van der Waals surface area contributed by atoms with Crippen LogP contribution in [0.5, 0.6) is 5.75 Å². The highest BCUT2D eigenvalue weighted by molar-refractivity contribution is 5.81. The Morgan fingerprint density at radius 2 is 1.81 bits per heavy atom. The number of amides is 1. The van der Waals surface area contributed by atoms with E-state index in [1.807, 2.05) is 59.2 Å². The normalized spacial score (nSPS) is 15.2. The van der Waals surface area contributed by atoms with Crippen LogP contribution in [-0.4, -0.2) is 58.7 Å². The number of benzene rings is 2. The van der Waals surface area contributed by atoms with Crippen LogP contribution >= 0.6 is 0 Å². The number of fused-ring (bicyclic) bond motifs is 1. The molecule has 1 fully saturated rings. The van der Waals surface area contributed by atoms with Crippen LogP contribution in [0.25, 0.3) is 11.0 Å². The number of morpholine rings is 1. The molecule has 0 bridgehead atoms. The Hall–Kier alpha value is -2.90. The smallest absolute Gasteiger partial charge is 0.240 e. The van der Waals surface area contributed by atoms with Crippen LogP contribution in [0, 0.1) is 0 Å². The fraction of sp³-hybridized carbons (Fsp3) is 0.417. The van der Waals surface area contributed by atoms with Crippen LogP contribution in [0.15, 0.2) is 54.6 Å². The van der Waals surface area contributed by atoms with E-state index in [2.05, 4.69) is 24.1 Å². The van der Waals surface area contributed by atoms with Gasteiger partial charge in [0.15, 0.2) is 0 Å². The third-order valence-electron chi connectivity index (χ3n) is 5.73. The van der Waals surface area contributed by atoms with Crippen molar-refractivity contribution in [2.24, 2.45) is 0 Å². The van der Waals surface area contributed by atoms with E-state index in [0.717, 1.165) is 48.9 Å². The summed E-state index contributed by atoms with van der Waals surface area (Å²) < 4.78 is 13.3. The molecule has 2 heterocycles. The largest absolute Gasteiger partial charge is 0.486 e. The Balaban J connectivity index is 1.44. The Kier molecular flexibility index (Phi) is 6.53. The van der Waals surface area contributed by atoms with E-state index < -0.39 is 0 Å². The quantitative estimate of drug-likeness (QED) is 0.605. The summed E-state index contributed by atoms with van der Waals surface area (Å²) in [5.74, 6) is 1.47. The highest BCUT2D eigenvalue weighted by Gasteiger charge is 2.28. The summed E-state index contributed by atoms with van der Waals surface area (Å²) in [5.41, 5.74) is 1.66. The highest BCUT2D eigenvalue weighted by atomic mass is 16.5. The van der Waals surface area contributed by atoms with E-state index >= 15 is 0 Å². The second kappa shape index (κ2) is 9.49. The van der Waals surface area contributed by atoms with Gasteiger partial charge in [-0.15, -0.1) is 0 Å². The van der Waals surface area contributed by atoms with E-state index in [4.69, 9.17) is 14.5 Å². The van der Waals surface area contributed by atoms with Gasteiger partial charge in [0.2, 0.25) is 5.91 Å². The predicted molar refractivity (Wildman–Crippen MR) is 120 cm³/mol. The number of ether oxygens (including phenoxy) is 2. The first-order valence-electron chi connectivity index (χ1n) is 10.7. The van der Waals surface area contributed by atoms with Gasteiger partial charge >= 0.3 is 0 Å². The summed E-state index contributed by atoms with van der Waals surface area (Å²) in [6.07, 6.45) is 0. The molecule has 1 saturated heterocycles. The Morgan fingerprint density at radius 1 is 1.10 bits per heavy atom. The molecule has 0 radical (unpaired) electrons. The van der Waals surface area contributed by atoms with E-state index in [-0.39, 0.29) is 18.0 Å². The lowest BCUT2D eigenvalue weighted by atomic mass is 10.0. The first-order valence-corrected chi connectivity index (χ1v) is 10.7. The molecule has 0 unspecified atom stereocenters. The summed E-state index contributed by atoms with van der Waals surface area (Å²) >= 11 is 0. The lowest BCUT2D eigenvalue weighted by Crippen LogP contribution is -2.55. The van der Waals surface area contributed by atoms with Gasteiger partial charge in [-0.05, 0) is 38.1 Å². The van der Waals surface area contributed by atoms with Gasteiger partial charge in [-0.25, -0.2) is 4.98 Å². The van der Waals surface area contributed by atoms with Crippen molar-refractivity contribution in [3.63, 3.8) is 0 Å². The summed E-state index contributed by atoms with van der Waals surface area (Å²) in [5, 5.41) is 3.11. The average Bonchev–Trinajstić information content (AvgIpc) is 3.15. The fourth-order valence-electron chi connectivity index (χ4n) is 3.87. The maximum absolute atomic E-state index is 12.9. The summed E-state index contributed by atoms with van der Waals surface area (Å²) in [6, 6.07) is 17.5. The van der Waals surface area contributed by atoms with Gasteiger partial charge in [-0.3, -0.25) is 9.69 Å². The van der Waals surface area contributed by atoms with Gasteiger partial charge in [0, 0.05) is 25.2 Å². The Labute approximate surface area is 183 Å². The average molecular weight is 423 g/mol. The molecule has 1 amide bonds. The molecule has 7 heteroatoms. The second-order valence-corrected chi connectivity index (χ2v) is 8.39. The van der Waals surface area contributed by atoms with Crippen LogP contribution in [0.4, 0.5) is 0 Å². The maximum Gasteiger partial charge on any atom is 0.240 e. The van der Waals surface area contributed by atoms with Gasteiger partial charge in [0.25, 0.3) is 0 Å². The number of hydrogen-bond acceptors (Lipinski definition) is 5. The molecule has 1 aliphatic rings. The van der Waals surface area contributed by atoms with Crippen molar-refractivity contribution in [2.45, 2.75) is 32.5 Å². The lowest BCUT2D eigenvalue weighted by Gasteiger charge is -2.40. The zero-order chi connectivity index (χ0) is 21.7. The number of hydrogen-bond donors (Lipinski definition) is 1. The van der Waals surface area contributed by atoms with Crippen molar-refractivity contribution >= 4 is 16.9 Å². The summed E-state index contributed by atoms with van der Waals surface area (Å²) in [6.45, 7) is 8.64. The molecule has 0 spiro atoms. The molecule has 31 heavy (non-hydrogen) atoms. The van der Waals surface area contributed by atoms with Crippen molar-refractivity contribution in [3.8, 4) is 5.75 Å². The minimum absolute atomic E-state index is 0.0366. The number of imidazole rings is 1. The van der Waals surface area contributed by atoms with Crippen molar-refractivity contribution < 1.29 is 14.3 Å². The number of nitrogens with zero attached hydrogens (tertiary/aromatic N) is 3. The van der Waals surface area contributed by atoms with Gasteiger partial charge in [-0.1, -0.05) is 30.3 Å². The number of rotatable bonds is 8. The molecular weight excluding hydrogens is 392 g/mol. The number of nitrogens with one attached hydrogen (secondary N) is 1. The van der Waals surface area contributed by atoms with Crippen molar-refractivity contribution in [2.75, 3.05) is 32.8 Å². The first-order chi connectivity index (χ1) is 15.0. The predicted octanol–water partition coefficient (Wildman–Crippen LogP) is 2.84. The third-order valence-corrected chi connectivity index (χ3v) is 5.73. The molecular formula is C24H30N4O3. The molecule has 7 nitrogen and oxygen atoms in total. The van der Waals surface area contributed by atoms with Crippen molar-refractivity contribution in [1.29, 1.82) is 0 Å². The molecule has 164 valence electrons. The summed E-state index contributed by atoms with van der Waals surface area (Å²) in [7, 11) is 0. The van der Waals surface area contributed by atoms with Crippen LogP contribution in [-0.2, 0) is 22.7 Å². The minimum Gasteiger partial charge on any atom is -0.486 e. The molecule has 1 aliphatic heterocycles. The highest BCUT2D eigenvalue weighted by Crippen LogP contribution is 2.19. The molecule has 1 aromatic heterocycles. The first kappa shape index (κ1) is 21.3. The molecule has 4 rings (SSSR count). The zero-order valence-electron chi connectivity index (χ0n) is 18.2. The van der Waals surface area contributed by atoms with Crippen LogP contribution < -0.4 is 10.1 Å². The number of aromatic nitrogens is 2. The van der Waals surface area contributed by atoms with Crippen LogP contribution in [0.3, 0.4) is 0 Å². The molecule has 0 aliphatic carbocycles. The topological polar surface area (TPSA) is 68.6 Å². The maximum atomic E-state index is 12.9. The van der Waals surface area contributed by atoms with E-state index in [9.17, 15) is 4.79 Å². The minimum atomic E-state index is -0.129. The van der Waals surface area contributed by atoms with E-state index in [1.54, 1.807) is 0 Å². The van der Waals surface area contributed by atoms with Gasteiger partial charge in [-0.2, -0.15) is 0 Å². The SMILES string of the molecule is CC(C)(CNC(=O)Cn1c(COc2ccccc2)nc2ccccc21)N1CCOCC1. The number of carbonyl (C=O) groups is 1. The third kappa shape index (κ3) is 5.24.